The number of amides is 2. The average molecular weight is 362 g/mol. The van der Waals surface area contributed by atoms with Gasteiger partial charge in [0.05, 0.1) is 24.6 Å². The van der Waals surface area contributed by atoms with Gasteiger partial charge in [-0.25, -0.2) is 4.79 Å². The Hall–Kier alpha value is -2.96. The fraction of sp³-hybridized carbons (Fsp3) is 0.238. The van der Waals surface area contributed by atoms with Crippen molar-refractivity contribution < 1.29 is 9.53 Å². The molecule has 3 aromatic rings. The molecule has 2 heterocycles. The minimum absolute atomic E-state index is 0.568. The number of anilines is 1. The van der Waals surface area contributed by atoms with E-state index in [1.807, 2.05) is 42.6 Å². The van der Waals surface area contributed by atoms with Crippen LogP contribution in [0.4, 0.5) is 10.5 Å². The van der Waals surface area contributed by atoms with E-state index in [-0.39, 0.29) is 0 Å². The predicted octanol–water partition coefficient (Wildman–Crippen LogP) is 3.22. The molecule has 4 rings (SSSR count). The zero-order chi connectivity index (χ0) is 18.6. The van der Waals surface area contributed by atoms with Crippen LogP contribution < -0.4 is 11.1 Å². The van der Waals surface area contributed by atoms with Crippen molar-refractivity contribution in [2.45, 2.75) is 6.54 Å². The van der Waals surface area contributed by atoms with Crippen molar-refractivity contribution in [3.63, 3.8) is 0 Å². The summed E-state index contributed by atoms with van der Waals surface area (Å²) in [4.78, 5) is 18.3. The van der Waals surface area contributed by atoms with E-state index in [1.165, 1.54) is 0 Å². The standard InChI is InChI=1S/C21H22N4O2/c22-21(26)24-20-8-7-17(18-3-1-2-4-19(18)20)15-5-6-16(23-13-15)14-25-9-11-27-12-10-25/h1-8,13H,9-12,14H2,(H3,22,24,26). The highest BCUT2D eigenvalue weighted by atomic mass is 16.5. The van der Waals surface area contributed by atoms with Crippen molar-refractivity contribution in [2.75, 3.05) is 31.6 Å². The largest absolute Gasteiger partial charge is 0.379 e. The summed E-state index contributed by atoms with van der Waals surface area (Å²) in [6, 6.07) is 15.4. The molecule has 1 aliphatic rings. The number of hydrogen-bond donors (Lipinski definition) is 2. The molecule has 27 heavy (non-hydrogen) atoms. The normalized spacial score (nSPS) is 15.0. The van der Waals surface area contributed by atoms with Crippen LogP contribution in [-0.2, 0) is 11.3 Å². The van der Waals surface area contributed by atoms with E-state index in [0.717, 1.165) is 60.4 Å². The van der Waals surface area contributed by atoms with Crippen molar-refractivity contribution in [1.29, 1.82) is 0 Å². The van der Waals surface area contributed by atoms with Crippen molar-refractivity contribution in [2.24, 2.45) is 5.73 Å². The maximum absolute atomic E-state index is 11.3. The van der Waals surface area contributed by atoms with Gasteiger partial charge in [0.2, 0.25) is 0 Å². The minimum Gasteiger partial charge on any atom is -0.379 e. The van der Waals surface area contributed by atoms with E-state index < -0.39 is 6.03 Å². The lowest BCUT2D eigenvalue weighted by atomic mass is 9.98. The summed E-state index contributed by atoms with van der Waals surface area (Å²) >= 11 is 0. The Labute approximate surface area is 157 Å². The van der Waals surface area contributed by atoms with E-state index in [9.17, 15) is 4.79 Å². The van der Waals surface area contributed by atoms with Crippen LogP contribution in [0.3, 0.4) is 0 Å². The molecule has 1 saturated heterocycles. The van der Waals surface area contributed by atoms with Crippen molar-refractivity contribution in [3.8, 4) is 11.1 Å². The zero-order valence-corrected chi connectivity index (χ0v) is 15.0. The number of nitrogens with zero attached hydrogens (tertiary/aromatic N) is 2. The third kappa shape index (κ3) is 3.92. The van der Waals surface area contributed by atoms with Crippen LogP contribution in [0.1, 0.15) is 5.69 Å². The molecule has 1 aromatic heterocycles. The Balaban J connectivity index is 1.63. The summed E-state index contributed by atoms with van der Waals surface area (Å²) in [5.74, 6) is 0. The van der Waals surface area contributed by atoms with Crippen LogP contribution in [0, 0.1) is 0 Å². The monoisotopic (exact) mass is 362 g/mol. The summed E-state index contributed by atoms with van der Waals surface area (Å²) in [5.41, 5.74) is 9.17. The number of pyridine rings is 1. The first-order valence-corrected chi connectivity index (χ1v) is 9.04. The van der Waals surface area contributed by atoms with Gasteiger partial charge in [-0.15, -0.1) is 0 Å². The van der Waals surface area contributed by atoms with Gasteiger partial charge >= 0.3 is 6.03 Å². The first-order chi connectivity index (χ1) is 13.2. The van der Waals surface area contributed by atoms with Crippen molar-refractivity contribution in [3.05, 3.63) is 60.4 Å². The number of benzene rings is 2. The van der Waals surface area contributed by atoms with Crippen LogP contribution in [0.15, 0.2) is 54.7 Å². The number of carbonyl (C=O) groups excluding carboxylic acids is 1. The molecule has 6 nitrogen and oxygen atoms in total. The van der Waals surface area contributed by atoms with Crippen molar-refractivity contribution in [1.82, 2.24) is 9.88 Å². The van der Waals surface area contributed by atoms with E-state index in [1.54, 1.807) is 0 Å². The topological polar surface area (TPSA) is 80.5 Å². The number of rotatable bonds is 4. The van der Waals surface area contributed by atoms with E-state index in [4.69, 9.17) is 10.5 Å². The number of aromatic nitrogens is 1. The Morgan fingerprint density at radius 2 is 1.85 bits per heavy atom. The van der Waals surface area contributed by atoms with Crippen LogP contribution in [0.25, 0.3) is 21.9 Å². The average Bonchev–Trinajstić information content (AvgIpc) is 2.69. The molecule has 0 atom stereocenters. The molecule has 1 aliphatic heterocycles. The first-order valence-electron chi connectivity index (χ1n) is 9.04. The van der Waals surface area contributed by atoms with Crippen LogP contribution in [0.5, 0.6) is 0 Å². The maximum Gasteiger partial charge on any atom is 0.316 e. The molecule has 0 spiro atoms. The second-order valence-corrected chi connectivity index (χ2v) is 6.62. The third-order valence-electron chi connectivity index (χ3n) is 4.81. The summed E-state index contributed by atoms with van der Waals surface area (Å²) in [6.45, 7) is 4.31. The number of ether oxygens (including phenoxy) is 1. The van der Waals surface area contributed by atoms with Gasteiger partial charge < -0.3 is 15.8 Å². The summed E-state index contributed by atoms with van der Waals surface area (Å²) in [5, 5.41) is 4.69. The molecule has 3 N–H and O–H groups in total. The quantitative estimate of drug-likeness (QED) is 0.747. The molecule has 138 valence electrons. The smallest absolute Gasteiger partial charge is 0.316 e. The number of nitrogens with one attached hydrogen (secondary N) is 1. The molecule has 1 fully saturated rings. The molecule has 0 aliphatic carbocycles. The second kappa shape index (κ2) is 7.73. The van der Waals surface area contributed by atoms with Gasteiger partial charge in [-0.05, 0) is 23.1 Å². The van der Waals surface area contributed by atoms with Gasteiger partial charge in [0.15, 0.2) is 0 Å². The van der Waals surface area contributed by atoms with E-state index in [0.29, 0.717) is 5.69 Å². The molecule has 2 aromatic carbocycles. The lowest BCUT2D eigenvalue weighted by Gasteiger charge is -2.26. The van der Waals surface area contributed by atoms with Gasteiger partial charge in [-0.1, -0.05) is 36.4 Å². The van der Waals surface area contributed by atoms with E-state index >= 15 is 0 Å². The van der Waals surface area contributed by atoms with Gasteiger partial charge in [-0.3, -0.25) is 9.88 Å². The number of primary amides is 1. The number of carbonyl (C=O) groups is 1. The Kier molecular flexibility index (Phi) is 5.00. The number of hydrogen-bond acceptors (Lipinski definition) is 4. The Morgan fingerprint density at radius 1 is 1.07 bits per heavy atom. The molecule has 0 bridgehead atoms. The third-order valence-corrected chi connectivity index (χ3v) is 4.81. The van der Waals surface area contributed by atoms with Crippen LogP contribution >= 0.6 is 0 Å². The molecule has 0 unspecified atom stereocenters. The maximum atomic E-state index is 11.3. The molecular formula is C21H22N4O2. The van der Waals surface area contributed by atoms with Gasteiger partial charge in [0.25, 0.3) is 0 Å². The lowest BCUT2D eigenvalue weighted by Crippen LogP contribution is -2.35. The number of nitrogens with two attached hydrogens (primary N) is 1. The first kappa shape index (κ1) is 17.5. The van der Waals surface area contributed by atoms with Gasteiger partial charge in [-0.2, -0.15) is 0 Å². The highest BCUT2D eigenvalue weighted by Crippen LogP contribution is 2.33. The Morgan fingerprint density at radius 3 is 2.56 bits per heavy atom. The fourth-order valence-corrected chi connectivity index (χ4v) is 3.46. The van der Waals surface area contributed by atoms with Gasteiger partial charge in [0.1, 0.15) is 0 Å². The van der Waals surface area contributed by atoms with Gasteiger partial charge in [0, 0.05) is 36.8 Å². The zero-order valence-electron chi connectivity index (χ0n) is 15.0. The number of urea groups is 1. The van der Waals surface area contributed by atoms with Crippen LogP contribution in [0.2, 0.25) is 0 Å². The molecule has 6 heteroatoms. The number of morpholine rings is 1. The highest BCUT2D eigenvalue weighted by molar-refractivity contribution is 6.07. The predicted molar refractivity (Wildman–Crippen MR) is 106 cm³/mol. The summed E-state index contributed by atoms with van der Waals surface area (Å²) in [7, 11) is 0. The molecule has 0 radical (unpaired) electrons. The van der Waals surface area contributed by atoms with Crippen LogP contribution in [-0.4, -0.2) is 42.2 Å². The highest BCUT2D eigenvalue weighted by Gasteiger charge is 2.12. The van der Waals surface area contributed by atoms with E-state index in [2.05, 4.69) is 27.3 Å². The minimum atomic E-state index is -0.568. The molecular weight excluding hydrogens is 340 g/mol. The summed E-state index contributed by atoms with van der Waals surface area (Å²) < 4.78 is 5.39. The molecule has 2 amide bonds. The molecule has 0 saturated carbocycles. The fourth-order valence-electron chi connectivity index (χ4n) is 3.46. The SMILES string of the molecule is NC(=O)Nc1ccc(-c2ccc(CN3CCOCC3)nc2)c2ccccc12. The summed E-state index contributed by atoms with van der Waals surface area (Å²) in [6.07, 6.45) is 1.92. The second-order valence-electron chi connectivity index (χ2n) is 6.62. The van der Waals surface area contributed by atoms with Crippen molar-refractivity contribution >= 4 is 22.5 Å². The lowest BCUT2D eigenvalue weighted by molar-refractivity contribution is 0.0336. The Bertz CT molecular complexity index is 950. The number of fused-ring (bicyclic) bond motifs is 1.